The van der Waals surface area contributed by atoms with Crippen LogP contribution in [0.5, 0.6) is 0 Å². The summed E-state index contributed by atoms with van der Waals surface area (Å²) < 4.78 is 27.7. The van der Waals surface area contributed by atoms with Gasteiger partial charge in [-0.05, 0) is 53.3 Å². The number of piperazine rings is 1. The van der Waals surface area contributed by atoms with Gasteiger partial charge in [-0.1, -0.05) is 39.0 Å². The molecule has 0 aromatic heterocycles. The fourth-order valence-corrected chi connectivity index (χ4v) is 5.14. The molecule has 0 saturated carbocycles. The van der Waals surface area contributed by atoms with E-state index in [0.29, 0.717) is 31.7 Å². The van der Waals surface area contributed by atoms with Crippen molar-refractivity contribution in [2.75, 3.05) is 31.1 Å². The highest BCUT2D eigenvalue weighted by molar-refractivity contribution is 7.89. The number of hydrogen-bond donors (Lipinski definition) is 1. The summed E-state index contributed by atoms with van der Waals surface area (Å²) >= 11 is 0. The van der Waals surface area contributed by atoms with Gasteiger partial charge in [-0.2, -0.15) is 4.31 Å². The number of carboxylic acid groups (broad SMARTS) is 1. The van der Waals surface area contributed by atoms with Gasteiger partial charge in [0.05, 0.1) is 11.3 Å². The van der Waals surface area contributed by atoms with Gasteiger partial charge in [0, 0.05) is 31.9 Å². The number of anilines is 1. The maximum atomic E-state index is 13.1. The molecular weight excluding hydrogens is 400 g/mol. The summed E-state index contributed by atoms with van der Waals surface area (Å²) in [6.45, 7) is 10.3. The van der Waals surface area contributed by atoms with E-state index < -0.39 is 16.0 Å². The molecule has 162 valence electrons. The van der Waals surface area contributed by atoms with Crippen LogP contribution in [0.25, 0.3) is 0 Å². The number of hydrogen-bond acceptors (Lipinski definition) is 4. The molecule has 6 nitrogen and oxygen atoms in total. The lowest BCUT2D eigenvalue weighted by atomic mass is 9.87. The molecule has 3 rings (SSSR count). The molecule has 0 amide bonds. The number of carbonyl (C=O) groups is 1. The predicted molar refractivity (Wildman–Crippen MR) is 119 cm³/mol. The van der Waals surface area contributed by atoms with Crippen molar-refractivity contribution in [3.8, 4) is 0 Å². The van der Waals surface area contributed by atoms with Gasteiger partial charge in [0.1, 0.15) is 0 Å². The molecule has 1 fully saturated rings. The SMILES string of the molecule is Cc1ccc(S(=O)(=O)N2CCN(c3ccc(C(C)(C)C)cc3)CC2)cc1CC(=O)O. The van der Waals surface area contributed by atoms with Crippen molar-refractivity contribution in [3.63, 3.8) is 0 Å². The molecular formula is C23H30N2O4S. The highest BCUT2D eigenvalue weighted by Gasteiger charge is 2.29. The van der Waals surface area contributed by atoms with Crippen LogP contribution in [0.3, 0.4) is 0 Å². The molecule has 0 unspecified atom stereocenters. The molecule has 2 aromatic carbocycles. The van der Waals surface area contributed by atoms with Crippen LogP contribution in [0.1, 0.15) is 37.5 Å². The normalized spacial score (nSPS) is 15.9. The van der Waals surface area contributed by atoms with Gasteiger partial charge in [0.2, 0.25) is 10.0 Å². The molecule has 2 aromatic rings. The van der Waals surface area contributed by atoms with E-state index in [9.17, 15) is 13.2 Å². The van der Waals surface area contributed by atoms with Gasteiger partial charge in [-0.15, -0.1) is 0 Å². The first kappa shape index (κ1) is 22.3. The Balaban J connectivity index is 1.72. The second kappa shape index (κ2) is 8.40. The van der Waals surface area contributed by atoms with Crippen LogP contribution < -0.4 is 4.90 Å². The molecule has 0 radical (unpaired) electrons. The highest BCUT2D eigenvalue weighted by atomic mass is 32.2. The summed E-state index contributed by atoms with van der Waals surface area (Å²) in [5, 5.41) is 9.07. The first-order chi connectivity index (χ1) is 14.0. The Bertz CT molecular complexity index is 1020. The minimum absolute atomic E-state index is 0.0961. The summed E-state index contributed by atoms with van der Waals surface area (Å²) in [6, 6.07) is 13.2. The van der Waals surface area contributed by atoms with E-state index in [-0.39, 0.29) is 16.7 Å². The third kappa shape index (κ3) is 4.84. The van der Waals surface area contributed by atoms with E-state index >= 15 is 0 Å². The van der Waals surface area contributed by atoms with Crippen LogP contribution in [0.15, 0.2) is 47.4 Å². The second-order valence-corrected chi connectivity index (χ2v) is 10.8. The third-order valence-electron chi connectivity index (χ3n) is 5.64. The van der Waals surface area contributed by atoms with Crippen molar-refractivity contribution in [2.24, 2.45) is 0 Å². The van der Waals surface area contributed by atoms with Gasteiger partial charge >= 0.3 is 5.97 Å². The maximum absolute atomic E-state index is 13.1. The summed E-state index contributed by atoms with van der Waals surface area (Å²) in [5.41, 5.74) is 3.77. The van der Waals surface area contributed by atoms with Gasteiger partial charge in [-0.25, -0.2) is 8.42 Å². The van der Waals surface area contributed by atoms with E-state index in [1.807, 2.05) is 0 Å². The average molecular weight is 431 g/mol. The van der Waals surface area contributed by atoms with Crippen LogP contribution in [-0.2, 0) is 26.7 Å². The summed E-state index contributed by atoms with van der Waals surface area (Å²) in [4.78, 5) is 13.4. The predicted octanol–water partition coefficient (Wildman–Crippen LogP) is 3.43. The summed E-state index contributed by atoms with van der Waals surface area (Å²) in [6.07, 6.45) is -0.187. The fraction of sp³-hybridized carbons (Fsp3) is 0.435. The Morgan fingerprint density at radius 1 is 1.00 bits per heavy atom. The monoisotopic (exact) mass is 430 g/mol. The quantitative estimate of drug-likeness (QED) is 0.786. The second-order valence-electron chi connectivity index (χ2n) is 8.85. The smallest absolute Gasteiger partial charge is 0.307 e. The average Bonchev–Trinajstić information content (AvgIpc) is 2.69. The first-order valence-electron chi connectivity index (χ1n) is 10.2. The zero-order valence-electron chi connectivity index (χ0n) is 18.1. The molecule has 1 heterocycles. The van der Waals surface area contributed by atoms with Crippen molar-refractivity contribution < 1.29 is 18.3 Å². The molecule has 0 aliphatic carbocycles. The van der Waals surface area contributed by atoms with Gasteiger partial charge in [0.25, 0.3) is 0 Å². The zero-order valence-corrected chi connectivity index (χ0v) is 18.9. The summed E-state index contributed by atoms with van der Waals surface area (Å²) in [7, 11) is -3.66. The number of sulfonamides is 1. The topological polar surface area (TPSA) is 77.9 Å². The zero-order chi connectivity index (χ0) is 22.1. The first-order valence-corrected chi connectivity index (χ1v) is 11.6. The molecule has 7 heteroatoms. The number of aryl methyl sites for hydroxylation is 1. The maximum Gasteiger partial charge on any atom is 0.307 e. The Labute approximate surface area is 179 Å². The number of aliphatic carboxylic acids is 1. The van der Waals surface area contributed by atoms with Crippen LogP contribution in [0.2, 0.25) is 0 Å². The van der Waals surface area contributed by atoms with Crippen LogP contribution in [0.4, 0.5) is 5.69 Å². The lowest BCUT2D eigenvalue weighted by molar-refractivity contribution is -0.136. The molecule has 0 spiro atoms. The van der Waals surface area contributed by atoms with Gasteiger partial charge in [-0.3, -0.25) is 4.79 Å². The number of carboxylic acids is 1. The number of benzene rings is 2. The molecule has 1 aliphatic rings. The summed E-state index contributed by atoms with van der Waals surface area (Å²) in [5.74, 6) is -0.973. The standard InChI is InChI=1S/C23H30N2O4S/c1-17-5-10-21(15-18(17)16-22(26)27)30(28,29)25-13-11-24(12-14-25)20-8-6-19(7-9-20)23(2,3)4/h5-10,15H,11-14,16H2,1-4H3,(H,26,27). The molecule has 30 heavy (non-hydrogen) atoms. The lowest BCUT2D eigenvalue weighted by Crippen LogP contribution is -2.48. The van der Waals surface area contributed by atoms with Crippen molar-refractivity contribution >= 4 is 21.7 Å². The van der Waals surface area contributed by atoms with Crippen LogP contribution in [-0.4, -0.2) is 50.0 Å². The van der Waals surface area contributed by atoms with E-state index in [0.717, 1.165) is 11.3 Å². The van der Waals surface area contributed by atoms with Crippen molar-refractivity contribution in [1.82, 2.24) is 4.31 Å². The molecule has 1 saturated heterocycles. The van der Waals surface area contributed by atoms with Crippen LogP contribution >= 0.6 is 0 Å². The van der Waals surface area contributed by atoms with Crippen molar-refractivity contribution in [3.05, 3.63) is 59.2 Å². The molecule has 1 N–H and O–H groups in total. The fourth-order valence-electron chi connectivity index (χ4n) is 3.67. The van der Waals surface area contributed by atoms with E-state index in [4.69, 9.17) is 5.11 Å². The minimum Gasteiger partial charge on any atom is -0.481 e. The Morgan fingerprint density at radius 2 is 1.60 bits per heavy atom. The third-order valence-corrected chi connectivity index (χ3v) is 7.53. The lowest BCUT2D eigenvalue weighted by Gasteiger charge is -2.35. The van der Waals surface area contributed by atoms with E-state index in [1.165, 1.54) is 15.9 Å². The Kier molecular flexibility index (Phi) is 6.24. The minimum atomic E-state index is -3.66. The van der Waals surface area contributed by atoms with Crippen LogP contribution in [0, 0.1) is 6.92 Å². The van der Waals surface area contributed by atoms with Crippen molar-refractivity contribution in [1.29, 1.82) is 0 Å². The van der Waals surface area contributed by atoms with Gasteiger partial charge < -0.3 is 10.0 Å². The Hall–Kier alpha value is -2.38. The van der Waals surface area contributed by atoms with Gasteiger partial charge in [0.15, 0.2) is 0 Å². The largest absolute Gasteiger partial charge is 0.481 e. The molecule has 0 bridgehead atoms. The Morgan fingerprint density at radius 3 is 2.13 bits per heavy atom. The van der Waals surface area contributed by atoms with E-state index in [1.54, 1.807) is 19.1 Å². The van der Waals surface area contributed by atoms with E-state index in [2.05, 4.69) is 49.9 Å². The molecule has 0 atom stereocenters. The van der Waals surface area contributed by atoms with Crippen molar-refractivity contribution in [2.45, 2.75) is 44.4 Å². The number of nitrogens with zero attached hydrogens (tertiary/aromatic N) is 2. The highest BCUT2D eigenvalue weighted by Crippen LogP contribution is 2.27. The number of rotatable bonds is 5. The molecule has 1 aliphatic heterocycles.